The zero-order chi connectivity index (χ0) is 32.0. The summed E-state index contributed by atoms with van der Waals surface area (Å²) in [7, 11) is -6.38. The molecular formula is C24H13F13O4S. The molecule has 3 aromatic carbocycles. The lowest BCUT2D eigenvalue weighted by molar-refractivity contribution is -0.407. The maximum absolute atomic E-state index is 14.6. The van der Waals surface area contributed by atoms with Crippen LogP contribution in [0, 0.1) is 0 Å². The molecule has 0 aliphatic rings. The fourth-order valence-corrected chi connectivity index (χ4v) is 3.66. The number of hydrogen-bond acceptors (Lipinski definition) is 4. The molecule has 4 nitrogen and oxygen atoms in total. The zero-order valence-corrected chi connectivity index (χ0v) is 20.8. The Bertz CT molecular complexity index is 1490. The fourth-order valence-electron chi connectivity index (χ4n) is 3.20. The van der Waals surface area contributed by atoms with E-state index < -0.39 is 62.1 Å². The second-order valence-electron chi connectivity index (χ2n) is 8.32. The first-order valence-electron chi connectivity index (χ1n) is 10.8. The average Bonchev–Trinajstić information content (AvgIpc) is 2.88. The van der Waals surface area contributed by atoms with E-state index in [0.717, 1.165) is 0 Å². The largest absolute Gasteiger partial charge is 0.534 e. The smallest absolute Gasteiger partial charge is 0.457 e. The predicted molar refractivity (Wildman–Crippen MR) is 118 cm³/mol. The van der Waals surface area contributed by atoms with E-state index in [2.05, 4.69) is 4.18 Å². The first-order valence-corrected chi connectivity index (χ1v) is 12.2. The van der Waals surface area contributed by atoms with Gasteiger partial charge in [-0.3, -0.25) is 0 Å². The Morgan fingerprint density at radius 3 is 1.19 bits per heavy atom. The topological polar surface area (TPSA) is 52.6 Å². The van der Waals surface area contributed by atoms with Crippen LogP contribution in [0.3, 0.4) is 0 Å². The molecule has 3 rings (SSSR count). The summed E-state index contributed by atoms with van der Waals surface area (Å²) in [6.45, 7) is 0. The number of benzene rings is 3. The Morgan fingerprint density at radius 2 is 0.810 bits per heavy atom. The van der Waals surface area contributed by atoms with Gasteiger partial charge in [-0.15, -0.1) is 0 Å². The molecule has 0 atom stereocenters. The van der Waals surface area contributed by atoms with Gasteiger partial charge in [0.25, 0.3) is 0 Å². The summed E-state index contributed by atoms with van der Waals surface area (Å²) in [6.07, 6.45) is 0. The van der Waals surface area contributed by atoms with Crippen LogP contribution in [0.4, 0.5) is 57.1 Å². The fraction of sp³-hybridized carbons (Fsp3) is 0.250. The maximum Gasteiger partial charge on any atom is 0.534 e. The average molecular weight is 644 g/mol. The predicted octanol–water partition coefficient (Wildman–Crippen LogP) is 8.50. The molecule has 0 fully saturated rings. The van der Waals surface area contributed by atoms with E-state index in [1.165, 1.54) is 24.3 Å². The molecule has 0 aromatic heterocycles. The van der Waals surface area contributed by atoms with Crippen molar-refractivity contribution in [1.29, 1.82) is 0 Å². The number of ether oxygens (including phenoxy) is 1. The monoisotopic (exact) mass is 644 g/mol. The van der Waals surface area contributed by atoms with Gasteiger partial charge in [0.1, 0.15) is 17.2 Å². The van der Waals surface area contributed by atoms with Crippen molar-refractivity contribution in [3.8, 4) is 17.2 Å². The molecule has 0 saturated heterocycles. The Kier molecular flexibility index (Phi) is 8.23. The van der Waals surface area contributed by atoms with Gasteiger partial charge in [0.15, 0.2) is 0 Å². The highest BCUT2D eigenvalue weighted by Crippen LogP contribution is 2.61. The Morgan fingerprint density at radius 1 is 0.452 bits per heavy atom. The Hall–Kier alpha value is -3.70. The van der Waals surface area contributed by atoms with Crippen LogP contribution in [0.5, 0.6) is 17.2 Å². The van der Waals surface area contributed by atoms with Crippen LogP contribution in [-0.4, -0.2) is 31.7 Å². The molecule has 18 heteroatoms. The SMILES string of the molecule is O=S(=O)(Oc1ccc(C(F)(F)C(F)(F)C(F)(F)C(F)(F)C(F)(F)c2ccc(Oc3ccccc3)cc2)cc1)C(F)(F)F. The van der Waals surface area contributed by atoms with Crippen molar-refractivity contribution >= 4 is 10.1 Å². The number of rotatable bonds is 10. The van der Waals surface area contributed by atoms with Crippen molar-refractivity contribution in [2.24, 2.45) is 0 Å². The third-order valence-corrected chi connectivity index (χ3v) is 6.46. The highest BCUT2D eigenvalue weighted by atomic mass is 32.2. The molecule has 0 saturated carbocycles. The summed E-state index contributed by atoms with van der Waals surface area (Å²) in [5.74, 6) is -36.0. The van der Waals surface area contributed by atoms with Crippen molar-refractivity contribution in [1.82, 2.24) is 0 Å². The van der Waals surface area contributed by atoms with Gasteiger partial charge in [-0.05, 0) is 60.7 Å². The van der Waals surface area contributed by atoms with Crippen LogP contribution in [0.15, 0.2) is 78.9 Å². The molecule has 3 aromatic rings. The van der Waals surface area contributed by atoms with Gasteiger partial charge in [-0.1, -0.05) is 18.2 Å². The minimum Gasteiger partial charge on any atom is -0.457 e. The summed E-state index contributed by atoms with van der Waals surface area (Å²) in [5.41, 5.74) is -10.3. The van der Waals surface area contributed by atoms with Crippen LogP contribution >= 0.6 is 0 Å². The summed E-state index contributed by atoms with van der Waals surface area (Å²) >= 11 is 0. The van der Waals surface area contributed by atoms with Crippen molar-refractivity contribution in [2.75, 3.05) is 0 Å². The molecule has 0 spiro atoms. The van der Waals surface area contributed by atoms with Crippen molar-refractivity contribution < 1.29 is 74.4 Å². The highest BCUT2D eigenvalue weighted by Gasteiger charge is 2.86. The lowest BCUT2D eigenvalue weighted by atomic mass is 9.88. The van der Waals surface area contributed by atoms with Gasteiger partial charge in [0.05, 0.1) is 0 Å². The molecule has 0 unspecified atom stereocenters. The van der Waals surface area contributed by atoms with E-state index in [0.29, 0.717) is 12.1 Å². The van der Waals surface area contributed by atoms with Crippen LogP contribution in [0.2, 0.25) is 0 Å². The minimum absolute atomic E-state index is 0.117. The molecule has 0 aliphatic carbocycles. The van der Waals surface area contributed by atoms with Crippen LogP contribution in [0.1, 0.15) is 11.1 Å². The van der Waals surface area contributed by atoms with Gasteiger partial charge in [-0.25, -0.2) is 0 Å². The molecule has 0 aliphatic heterocycles. The van der Waals surface area contributed by atoms with E-state index in [4.69, 9.17) is 4.74 Å². The number of para-hydroxylation sites is 1. The van der Waals surface area contributed by atoms with Gasteiger partial charge in [0.2, 0.25) is 0 Å². The van der Waals surface area contributed by atoms with Crippen LogP contribution in [-0.2, 0) is 22.0 Å². The van der Waals surface area contributed by atoms with E-state index in [-0.39, 0.29) is 47.9 Å². The third kappa shape index (κ3) is 5.55. The molecule has 230 valence electrons. The summed E-state index contributed by atoms with van der Waals surface area (Å²) < 4.78 is 213. The molecular weight excluding hydrogens is 631 g/mol. The van der Waals surface area contributed by atoms with E-state index >= 15 is 0 Å². The first kappa shape index (κ1) is 32.8. The molecule has 0 bridgehead atoms. The van der Waals surface area contributed by atoms with E-state index in [9.17, 15) is 65.5 Å². The van der Waals surface area contributed by atoms with Crippen LogP contribution < -0.4 is 8.92 Å². The molecule has 0 heterocycles. The summed E-state index contributed by atoms with van der Waals surface area (Å²) in [6, 6.07) is 7.84. The van der Waals surface area contributed by atoms with Gasteiger partial charge in [0, 0.05) is 11.1 Å². The minimum atomic E-state index is -7.47. The quantitative estimate of drug-likeness (QED) is 0.126. The third-order valence-electron chi connectivity index (χ3n) is 5.48. The lowest BCUT2D eigenvalue weighted by Crippen LogP contribution is -2.65. The summed E-state index contributed by atoms with van der Waals surface area (Å²) in [5, 5.41) is 0. The number of halogens is 13. The van der Waals surface area contributed by atoms with Crippen molar-refractivity contribution in [3.05, 3.63) is 90.0 Å². The number of hydrogen-bond donors (Lipinski definition) is 0. The van der Waals surface area contributed by atoms with Crippen molar-refractivity contribution in [2.45, 2.75) is 35.1 Å². The standard InChI is InChI=1S/C24H13F13O4S/c25-19(26,14-6-10-17(11-7-14)40-16-4-2-1-3-5-16)21(29,30)23(33,34)22(31,32)20(27,28)15-8-12-18(13-9-15)41-42(38,39)24(35,36)37/h1-13H. The lowest BCUT2D eigenvalue weighted by Gasteiger charge is -2.39. The van der Waals surface area contributed by atoms with Crippen molar-refractivity contribution in [3.63, 3.8) is 0 Å². The Balaban J connectivity index is 1.91. The summed E-state index contributed by atoms with van der Waals surface area (Å²) in [4.78, 5) is 0. The highest BCUT2D eigenvalue weighted by molar-refractivity contribution is 7.88. The maximum atomic E-state index is 14.6. The second-order valence-corrected chi connectivity index (χ2v) is 9.86. The molecule has 0 radical (unpaired) electrons. The molecule has 0 N–H and O–H groups in total. The molecule has 42 heavy (non-hydrogen) atoms. The van der Waals surface area contributed by atoms with E-state index in [1.807, 2.05) is 0 Å². The Labute approximate surface area is 227 Å². The van der Waals surface area contributed by atoms with E-state index in [1.54, 1.807) is 6.07 Å². The zero-order valence-electron chi connectivity index (χ0n) is 20.0. The molecule has 0 amide bonds. The normalized spacial score (nSPS) is 14.0. The van der Waals surface area contributed by atoms with Gasteiger partial charge >= 0.3 is 45.2 Å². The van der Waals surface area contributed by atoms with Gasteiger partial charge in [-0.2, -0.15) is 65.5 Å². The van der Waals surface area contributed by atoms with Gasteiger partial charge < -0.3 is 8.92 Å². The number of alkyl halides is 13. The first-order chi connectivity index (χ1) is 19.0. The van der Waals surface area contributed by atoms with Crippen LogP contribution in [0.25, 0.3) is 0 Å². The second kappa shape index (κ2) is 10.5.